The van der Waals surface area contributed by atoms with Gasteiger partial charge in [-0.05, 0) is 36.8 Å². The molecule has 0 saturated carbocycles. The van der Waals surface area contributed by atoms with Crippen LogP contribution in [0.3, 0.4) is 0 Å². The fraction of sp³-hybridized carbons (Fsp3) is 0.387. The third-order valence-electron chi connectivity index (χ3n) is 8.07. The number of aryl methyl sites for hydroxylation is 2. The number of anilines is 1. The first-order chi connectivity index (χ1) is 20.9. The van der Waals surface area contributed by atoms with Crippen molar-refractivity contribution in [2.75, 3.05) is 32.1 Å². The Kier molecular flexibility index (Phi) is 8.82. The predicted molar refractivity (Wildman–Crippen MR) is 166 cm³/mol. The van der Waals surface area contributed by atoms with E-state index in [0.717, 1.165) is 16.5 Å². The lowest BCUT2D eigenvalue weighted by Crippen LogP contribution is -2.50. The number of likely N-dealkylation sites (N-methyl/N-ethyl adjacent to an activating group) is 1. The number of aliphatic hydroxyl groups is 1. The van der Waals surface area contributed by atoms with Gasteiger partial charge in [-0.1, -0.05) is 25.1 Å². The predicted octanol–water partition coefficient (Wildman–Crippen LogP) is 2.63. The molecule has 1 aliphatic rings. The Labute approximate surface area is 256 Å². The summed E-state index contributed by atoms with van der Waals surface area (Å²) < 4.78 is 37.5. The molecule has 0 aliphatic carbocycles. The number of imidazole rings is 1. The largest absolute Gasteiger partial charge is 0.488 e. The number of carbonyl (C=O) groups excluding carboxylic acids is 2. The number of ether oxygens (including phenoxy) is 1. The molecule has 0 radical (unpaired) electrons. The average Bonchev–Trinajstić information content (AvgIpc) is 3.58. The molecule has 0 unspecified atom stereocenters. The van der Waals surface area contributed by atoms with E-state index in [-0.39, 0.29) is 60.2 Å². The molecule has 44 heavy (non-hydrogen) atoms. The van der Waals surface area contributed by atoms with E-state index in [0.29, 0.717) is 5.69 Å². The van der Waals surface area contributed by atoms with Gasteiger partial charge in [-0.2, -0.15) is 4.31 Å². The third-order valence-corrected chi connectivity index (χ3v) is 9.78. The van der Waals surface area contributed by atoms with Gasteiger partial charge >= 0.3 is 0 Å². The van der Waals surface area contributed by atoms with Crippen LogP contribution in [0.5, 0.6) is 5.75 Å². The number of aliphatic hydroxyl groups excluding tert-OH is 1. The first-order valence-corrected chi connectivity index (χ1v) is 15.8. The van der Waals surface area contributed by atoms with E-state index >= 15 is 0 Å². The summed E-state index contributed by atoms with van der Waals surface area (Å²) in [6.07, 6.45) is 4.30. The molecule has 0 spiro atoms. The Bertz CT molecular complexity index is 1800. The number of fused-ring (bicyclic) bond motifs is 2. The minimum atomic E-state index is -3.89. The Morgan fingerprint density at radius 1 is 1.20 bits per heavy atom. The number of rotatable bonds is 9. The summed E-state index contributed by atoms with van der Waals surface area (Å²) in [5, 5.41) is 13.8. The van der Waals surface area contributed by atoms with Crippen LogP contribution in [0.15, 0.2) is 66.2 Å². The summed E-state index contributed by atoms with van der Waals surface area (Å²) in [6.45, 7) is 3.59. The van der Waals surface area contributed by atoms with Crippen LogP contribution in [0.2, 0.25) is 0 Å². The molecule has 234 valence electrons. The Morgan fingerprint density at radius 2 is 1.95 bits per heavy atom. The second-order valence-corrected chi connectivity index (χ2v) is 13.5. The lowest BCUT2D eigenvalue weighted by molar-refractivity contribution is -0.115. The van der Waals surface area contributed by atoms with Gasteiger partial charge in [-0.3, -0.25) is 9.59 Å². The number of nitrogens with zero attached hydrogens (tertiary/aromatic N) is 5. The van der Waals surface area contributed by atoms with Gasteiger partial charge in [0.1, 0.15) is 11.9 Å². The number of hydrogen-bond acceptors (Lipinski definition) is 7. The Morgan fingerprint density at radius 3 is 2.66 bits per heavy atom. The molecular weight excluding hydrogens is 584 g/mol. The van der Waals surface area contributed by atoms with Crippen molar-refractivity contribution in [3.63, 3.8) is 0 Å². The van der Waals surface area contributed by atoms with Crippen LogP contribution >= 0.6 is 0 Å². The highest BCUT2D eigenvalue weighted by Crippen LogP contribution is 2.31. The topological polar surface area (TPSA) is 139 Å². The van der Waals surface area contributed by atoms with Crippen molar-refractivity contribution in [1.29, 1.82) is 0 Å². The molecule has 0 saturated heterocycles. The summed E-state index contributed by atoms with van der Waals surface area (Å²) in [5.41, 5.74) is 2.54. The van der Waals surface area contributed by atoms with Gasteiger partial charge in [0.15, 0.2) is 5.03 Å². The number of nitrogens with one attached hydrogen (secondary N) is 1. The first kappa shape index (κ1) is 31.2. The van der Waals surface area contributed by atoms with Crippen LogP contribution in [0.1, 0.15) is 29.8 Å². The first-order valence-electron chi connectivity index (χ1n) is 14.4. The minimum Gasteiger partial charge on any atom is -0.488 e. The van der Waals surface area contributed by atoms with Crippen LogP contribution in [0.4, 0.5) is 5.69 Å². The highest BCUT2D eigenvalue weighted by Gasteiger charge is 2.35. The molecule has 2 aromatic carbocycles. The molecule has 4 aromatic rings. The molecule has 2 amide bonds. The molecular formula is C31H38N6O6S. The van der Waals surface area contributed by atoms with E-state index in [1.807, 2.05) is 49.0 Å². The molecule has 2 aromatic heterocycles. The van der Waals surface area contributed by atoms with E-state index in [2.05, 4.69) is 10.3 Å². The maximum Gasteiger partial charge on any atom is 0.261 e. The summed E-state index contributed by atoms with van der Waals surface area (Å²) in [6, 6.07) is 12.2. The number of aromatic nitrogens is 3. The number of sulfonamides is 1. The van der Waals surface area contributed by atoms with Crippen LogP contribution in [-0.4, -0.2) is 87.6 Å². The Hall–Kier alpha value is -4.20. The molecule has 0 bridgehead atoms. The fourth-order valence-corrected chi connectivity index (χ4v) is 6.64. The molecule has 3 atom stereocenters. The van der Waals surface area contributed by atoms with E-state index in [4.69, 9.17) is 4.74 Å². The lowest BCUT2D eigenvalue weighted by atomic mass is 9.99. The van der Waals surface area contributed by atoms with Gasteiger partial charge in [0.05, 0.1) is 37.5 Å². The minimum absolute atomic E-state index is 0.00142. The Balaban J connectivity index is 1.41. The zero-order valence-electron chi connectivity index (χ0n) is 25.5. The van der Waals surface area contributed by atoms with E-state index in [1.165, 1.54) is 23.9 Å². The summed E-state index contributed by atoms with van der Waals surface area (Å²) >= 11 is 0. The number of amides is 2. The van der Waals surface area contributed by atoms with Crippen molar-refractivity contribution < 1.29 is 27.9 Å². The van der Waals surface area contributed by atoms with Crippen molar-refractivity contribution in [1.82, 2.24) is 23.3 Å². The van der Waals surface area contributed by atoms with E-state index < -0.39 is 22.2 Å². The zero-order valence-corrected chi connectivity index (χ0v) is 26.3. The van der Waals surface area contributed by atoms with Crippen LogP contribution in [-0.2, 0) is 35.3 Å². The van der Waals surface area contributed by atoms with Gasteiger partial charge in [0.2, 0.25) is 5.91 Å². The van der Waals surface area contributed by atoms with Crippen molar-refractivity contribution in [2.24, 2.45) is 20.0 Å². The third kappa shape index (κ3) is 6.21. The molecule has 12 nitrogen and oxygen atoms in total. The van der Waals surface area contributed by atoms with Crippen molar-refractivity contribution in [2.45, 2.75) is 37.4 Å². The molecule has 0 fully saturated rings. The maximum atomic E-state index is 13.8. The van der Waals surface area contributed by atoms with Gasteiger partial charge in [0, 0.05) is 62.6 Å². The number of carbonyl (C=O) groups is 2. The standard InChI is InChI=1S/C31H38N6O6S/c1-20-14-37(21(2)18-38)31(40)25-13-23(33-29(39)12-22-15-35(4)26-9-7-6-8-24(22)26)10-11-27(25)43-28(20)16-36(5)44(41,42)30-17-34(3)19-32-30/h6-11,13,15,17,19-21,28,38H,12,14,16,18H2,1-5H3,(H,33,39)/t20-,21-,28+/m0/s1. The molecule has 5 rings (SSSR count). The summed E-state index contributed by atoms with van der Waals surface area (Å²) in [7, 11) is 1.20. The van der Waals surface area contributed by atoms with Gasteiger partial charge in [-0.25, -0.2) is 13.4 Å². The fourth-order valence-electron chi connectivity index (χ4n) is 5.50. The van der Waals surface area contributed by atoms with Gasteiger partial charge in [0.25, 0.3) is 15.9 Å². The van der Waals surface area contributed by atoms with Crippen LogP contribution < -0.4 is 10.1 Å². The molecule has 2 N–H and O–H groups in total. The van der Waals surface area contributed by atoms with Gasteiger partial charge in [-0.15, -0.1) is 0 Å². The number of hydrogen-bond donors (Lipinski definition) is 2. The maximum absolute atomic E-state index is 13.8. The van der Waals surface area contributed by atoms with Crippen molar-refractivity contribution >= 4 is 38.4 Å². The second-order valence-electron chi connectivity index (χ2n) is 11.5. The quantitative estimate of drug-likeness (QED) is 0.293. The van der Waals surface area contributed by atoms with Crippen LogP contribution in [0.25, 0.3) is 10.9 Å². The zero-order chi connectivity index (χ0) is 31.8. The summed E-state index contributed by atoms with van der Waals surface area (Å²) in [5.74, 6) is -0.625. The highest BCUT2D eigenvalue weighted by atomic mass is 32.2. The smallest absolute Gasteiger partial charge is 0.261 e. The van der Waals surface area contributed by atoms with E-state index in [9.17, 15) is 23.1 Å². The molecule has 1 aliphatic heterocycles. The number of para-hydroxylation sites is 1. The normalized spacial score (nSPS) is 18.1. The van der Waals surface area contributed by atoms with E-state index in [1.54, 1.807) is 41.6 Å². The second kappa shape index (κ2) is 12.4. The molecule has 13 heteroatoms. The SMILES string of the molecule is C[C@H]1CN([C@@H](C)CO)C(=O)c2cc(NC(=O)Cc3cn(C)c4ccccc34)ccc2O[C@@H]1CN(C)S(=O)(=O)c1cn(C)cn1. The lowest BCUT2D eigenvalue weighted by Gasteiger charge is -2.38. The molecule has 3 heterocycles. The average molecular weight is 623 g/mol. The monoisotopic (exact) mass is 622 g/mol. The number of benzene rings is 2. The van der Waals surface area contributed by atoms with Gasteiger partial charge < -0.3 is 29.2 Å². The summed E-state index contributed by atoms with van der Waals surface area (Å²) in [4.78, 5) is 32.5. The highest BCUT2D eigenvalue weighted by molar-refractivity contribution is 7.89. The van der Waals surface area contributed by atoms with Crippen molar-refractivity contribution in [3.05, 3.63) is 72.3 Å². The van der Waals surface area contributed by atoms with Crippen molar-refractivity contribution in [3.8, 4) is 5.75 Å². The van der Waals surface area contributed by atoms with Crippen LogP contribution in [0, 0.1) is 5.92 Å².